The van der Waals surface area contributed by atoms with Crippen molar-refractivity contribution >= 4 is 40.6 Å². The number of alkyl halides is 3. The molecule has 0 aromatic heterocycles. The Labute approximate surface area is 160 Å². The van der Waals surface area contributed by atoms with E-state index in [0.717, 1.165) is 23.1 Å². The van der Waals surface area contributed by atoms with E-state index in [4.69, 9.17) is 11.6 Å². The van der Waals surface area contributed by atoms with Crippen molar-refractivity contribution in [1.29, 1.82) is 0 Å². The van der Waals surface area contributed by atoms with E-state index in [-0.39, 0.29) is 27.6 Å². The zero-order valence-electron chi connectivity index (χ0n) is 13.4. The zero-order valence-corrected chi connectivity index (χ0v) is 15.0. The lowest BCUT2D eigenvalue weighted by molar-refractivity contribution is -0.137. The molecular weight excluding hydrogens is 406 g/mol. The standard InChI is InChI=1S/C18H10ClF4NO2S/c19-13-5-2-6-14(20)12(13)9-24-16(25)15(27-17(24)26)8-10-3-1-4-11(7-10)18(21,22)23/h1-8H,9H2/b15-8+. The van der Waals surface area contributed by atoms with Crippen molar-refractivity contribution < 1.29 is 27.2 Å². The molecule has 2 amide bonds. The molecule has 2 aromatic carbocycles. The molecule has 3 rings (SSSR count). The first-order chi connectivity index (χ1) is 12.7. The summed E-state index contributed by atoms with van der Waals surface area (Å²) in [4.78, 5) is 25.3. The predicted molar refractivity (Wildman–Crippen MR) is 94.4 cm³/mol. The highest BCUT2D eigenvalue weighted by Crippen LogP contribution is 2.35. The first-order valence-electron chi connectivity index (χ1n) is 7.52. The van der Waals surface area contributed by atoms with Crippen LogP contribution in [0, 0.1) is 5.82 Å². The smallest absolute Gasteiger partial charge is 0.268 e. The van der Waals surface area contributed by atoms with Crippen molar-refractivity contribution in [2.75, 3.05) is 0 Å². The van der Waals surface area contributed by atoms with Crippen LogP contribution in [0.1, 0.15) is 16.7 Å². The quantitative estimate of drug-likeness (QED) is 0.474. The van der Waals surface area contributed by atoms with Crippen molar-refractivity contribution in [3.8, 4) is 0 Å². The van der Waals surface area contributed by atoms with Gasteiger partial charge in [-0.15, -0.1) is 0 Å². The van der Waals surface area contributed by atoms with Crippen molar-refractivity contribution in [3.63, 3.8) is 0 Å². The summed E-state index contributed by atoms with van der Waals surface area (Å²) in [5.41, 5.74) is -0.755. The van der Waals surface area contributed by atoms with Crippen LogP contribution in [0.5, 0.6) is 0 Å². The number of rotatable bonds is 3. The fourth-order valence-electron chi connectivity index (χ4n) is 2.43. The summed E-state index contributed by atoms with van der Waals surface area (Å²) < 4.78 is 52.3. The van der Waals surface area contributed by atoms with Crippen molar-refractivity contribution in [3.05, 3.63) is 74.9 Å². The van der Waals surface area contributed by atoms with E-state index in [1.165, 1.54) is 30.3 Å². The first-order valence-corrected chi connectivity index (χ1v) is 8.72. The Bertz CT molecular complexity index is 938. The molecular formula is C18H10ClF4NO2S. The summed E-state index contributed by atoms with van der Waals surface area (Å²) in [5.74, 6) is -1.38. The average molecular weight is 416 g/mol. The Morgan fingerprint density at radius 2 is 1.81 bits per heavy atom. The van der Waals surface area contributed by atoms with Gasteiger partial charge in [0.15, 0.2) is 0 Å². The maximum atomic E-state index is 13.9. The largest absolute Gasteiger partial charge is 0.416 e. The van der Waals surface area contributed by atoms with Crippen LogP contribution in [0.15, 0.2) is 47.4 Å². The number of carbonyl (C=O) groups is 2. The predicted octanol–water partition coefficient (Wildman–Crippen LogP) is 5.73. The highest BCUT2D eigenvalue weighted by atomic mass is 35.5. The van der Waals surface area contributed by atoms with Crippen LogP contribution >= 0.6 is 23.4 Å². The number of benzene rings is 2. The van der Waals surface area contributed by atoms with Gasteiger partial charge in [-0.1, -0.05) is 29.8 Å². The van der Waals surface area contributed by atoms with Gasteiger partial charge in [0.1, 0.15) is 5.82 Å². The van der Waals surface area contributed by atoms with E-state index in [1.807, 2.05) is 0 Å². The Balaban J connectivity index is 1.87. The summed E-state index contributed by atoms with van der Waals surface area (Å²) >= 11 is 6.49. The minimum Gasteiger partial charge on any atom is -0.268 e. The van der Waals surface area contributed by atoms with Gasteiger partial charge < -0.3 is 0 Å². The molecule has 0 bridgehead atoms. The number of thioether (sulfide) groups is 1. The number of carbonyl (C=O) groups excluding carboxylic acids is 2. The van der Waals surface area contributed by atoms with Crippen LogP contribution in [-0.4, -0.2) is 16.0 Å². The molecule has 0 atom stereocenters. The Morgan fingerprint density at radius 1 is 1.11 bits per heavy atom. The lowest BCUT2D eigenvalue weighted by atomic mass is 10.1. The summed E-state index contributed by atoms with van der Waals surface area (Å²) in [6, 6.07) is 8.35. The van der Waals surface area contributed by atoms with E-state index in [1.54, 1.807) is 0 Å². The molecule has 1 saturated heterocycles. The van der Waals surface area contributed by atoms with Gasteiger partial charge in [0.2, 0.25) is 0 Å². The lowest BCUT2D eigenvalue weighted by Crippen LogP contribution is -2.28. The third-order valence-corrected chi connectivity index (χ3v) is 5.02. The molecule has 1 heterocycles. The Morgan fingerprint density at radius 3 is 2.48 bits per heavy atom. The molecule has 0 saturated carbocycles. The summed E-state index contributed by atoms with van der Waals surface area (Å²) in [6.45, 7) is -0.365. The SMILES string of the molecule is O=C1S/C(=C/c2cccc(C(F)(F)F)c2)C(=O)N1Cc1c(F)cccc1Cl. The van der Waals surface area contributed by atoms with Crippen molar-refractivity contribution in [2.45, 2.75) is 12.7 Å². The third kappa shape index (κ3) is 4.17. The number of halogens is 5. The van der Waals surface area contributed by atoms with Crippen molar-refractivity contribution in [1.82, 2.24) is 4.90 Å². The van der Waals surface area contributed by atoms with Gasteiger partial charge in [0.25, 0.3) is 11.1 Å². The van der Waals surface area contributed by atoms with Gasteiger partial charge in [-0.3, -0.25) is 14.5 Å². The Kier molecular flexibility index (Phi) is 5.30. The van der Waals surface area contributed by atoms with Gasteiger partial charge in [0.05, 0.1) is 17.0 Å². The van der Waals surface area contributed by atoms with Crippen LogP contribution < -0.4 is 0 Å². The maximum absolute atomic E-state index is 13.9. The monoisotopic (exact) mass is 415 g/mol. The second kappa shape index (κ2) is 7.36. The van der Waals surface area contributed by atoms with E-state index in [9.17, 15) is 27.2 Å². The van der Waals surface area contributed by atoms with Crippen molar-refractivity contribution in [2.24, 2.45) is 0 Å². The number of amides is 2. The van der Waals surface area contributed by atoms with Crippen LogP contribution in [0.2, 0.25) is 5.02 Å². The van der Waals surface area contributed by atoms with E-state index < -0.39 is 28.7 Å². The van der Waals surface area contributed by atoms with E-state index in [0.29, 0.717) is 11.8 Å². The molecule has 27 heavy (non-hydrogen) atoms. The van der Waals surface area contributed by atoms with Crippen LogP contribution in [0.3, 0.4) is 0 Å². The molecule has 3 nitrogen and oxygen atoms in total. The normalized spacial score (nSPS) is 16.5. The highest BCUT2D eigenvalue weighted by molar-refractivity contribution is 8.18. The number of imide groups is 1. The van der Waals surface area contributed by atoms with E-state index >= 15 is 0 Å². The molecule has 1 aliphatic rings. The van der Waals surface area contributed by atoms with Gasteiger partial charge >= 0.3 is 6.18 Å². The molecule has 2 aromatic rings. The highest BCUT2D eigenvalue weighted by Gasteiger charge is 2.36. The molecule has 1 fully saturated rings. The minimum atomic E-state index is -4.52. The number of hydrogen-bond donors (Lipinski definition) is 0. The minimum absolute atomic E-state index is 0.0122. The molecule has 0 aliphatic carbocycles. The van der Waals surface area contributed by atoms with Crippen LogP contribution in [-0.2, 0) is 17.5 Å². The Hall–Kier alpha value is -2.32. The summed E-state index contributed by atoms with van der Waals surface area (Å²) in [6.07, 6.45) is -3.33. The zero-order chi connectivity index (χ0) is 19.8. The molecule has 0 spiro atoms. The lowest BCUT2D eigenvalue weighted by Gasteiger charge is -2.14. The second-order valence-electron chi connectivity index (χ2n) is 5.59. The van der Waals surface area contributed by atoms with Gasteiger partial charge in [-0.25, -0.2) is 4.39 Å². The number of nitrogens with zero attached hydrogens (tertiary/aromatic N) is 1. The van der Waals surface area contributed by atoms with Crippen LogP contribution in [0.25, 0.3) is 6.08 Å². The topological polar surface area (TPSA) is 37.4 Å². The molecule has 0 radical (unpaired) electrons. The second-order valence-corrected chi connectivity index (χ2v) is 6.99. The summed E-state index contributed by atoms with van der Waals surface area (Å²) in [7, 11) is 0. The number of hydrogen-bond acceptors (Lipinski definition) is 3. The first kappa shape index (κ1) is 19.4. The fraction of sp³-hybridized carbons (Fsp3) is 0.111. The molecule has 0 N–H and O–H groups in total. The van der Waals surface area contributed by atoms with Gasteiger partial charge in [-0.05, 0) is 47.7 Å². The molecule has 9 heteroatoms. The van der Waals surface area contributed by atoms with Gasteiger partial charge in [-0.2, -0.15) is 13.2 Å². The fourth-order valence-corrected chi connectivity index (χ4v) is 3.50. The maximum Gasteiger partial charge on any atom is 0.416 e. The average Bonchev–Trinajstić information content (AvgIpc) is 2.85. The molecule has 1 aliphatic heterocycles. The van der Waals surface area contributed by atoms with Crippen LogP contribution in [0.4, 0.5) is 22.4 Å². The molecule has 0 unspecified atom stereocenters. The molecule has 140 valence electrons. The van der Waals surface area contributed by atoms with Gasteiger partial charge in [0, 0.05) is 10.6 Å². The third-order valence-electron chi connectivity index (χ3n) is 3.76. The van der Waals surface area contributed by atoms with E-state index in [2.05, 4.69) is 0 Å². The summed E-state index contributed by atoms with van der Waals surface area (Å²) in [5, 5.41) is -0.589.